The van der Waals surface area contributed by atoms with Crippen LogP contribution in [-0.4, -0.2) is 21.9 Å². The summed E-state index contributed by atoms with van der Waals surface area (Å²) in [4.78, 5) is 9.71. The number of ether oxygens (including phenoxy) is 1. The molecule has 3 aromatic rings. The van der Waals surface area contributed by atoms with Crippen molar-refractivity contribution in [2.24, 2.45) is 0 Å². The van der Waals surface area contributed by atoms with E-state index in [0.717, 1.165) is 12.1 Å². The second kappa shape index (κ2) is 8.41. The molecule has 7 nitrogen and oxygen atoms in total. The largest absolute Gasteiger partial charge is 0.416 e. The SMILES string of the molecule is [C-]#[N+]C1=C(C)N(c2cccc(C(F)(F)F)c2)c2nc(COC)nn2C1c1ccc(C#N)cc1. The van der Waals surface area contributed by atoms with E-state index in [0.29, 0.717) is 22.6 Å². The maximum Gasteiger partial charge on any atom is 0.416 e. The minimum atomic E-state index is -4.52. The molecule has 0 saturated carbocycles. The minimum Gasteiger partial charge on any atom is -0.377 e. The molecule has 2 heterocycles. The van der Waals surface area contributed by atoms with Crippen LogP contribution >= 0.6 is 0 Å². The molecule has 10 heteroatoms. The molecule has 0 bridgehead atoms. The van der Waals surface area contributed by atoms with Crippen LogP contribution in [0.1, 0.15) is 35.5 Å². The van der Waals surface area contributed by atoms with Gasteiger partial charge in [0, 0.05) is 18.5 Å². The summed E-state index contributed by atoms with van der Waals surface area (Å²) < 4.78 is 46.8. The van der Waals surface area contributed by atoms with Crippen LogP contribution in [-0.2, 0) is 17.5 Å². The molecule has 1 atom stereocenters. The Bertz CT molecular complexity index is 1310. The molecule has 0 N–H and O–H groups in total. The van der Waals surface area contributed by atoms with Crippen molar-refractivity contribution in [3.63, 3.8) is 0 Å². The summed E-state index contributed by atoms with van der Waals surface area (Å²) in [6, 6.07) is 13.0. The Kier molecular flexibility index (Phi) is 5.62. The fourth-order valence-electron chi connectivity index (χ4n) is 3.76. The van der Waals surface area contributed by atoms with E-state index in [1.54, 1.807) is 31.2 Å². The molecule has 0 amide bonds. The first kappa shape index (κ1) is 22.1. The highest BCUT2D eigenvalue weighted by atomic mass is 19.4. The Morgan fingerprint density at radius 2 is 1.94 bits per heavy atom. The van der Waals surface area contributed by atoms with Crippen LogP contribution in [0.25, 0.3) is 4.85 Å². The average molecular weight is 450 g/mol. The third kappa shape index (κ3) is 3.93. The highest BCUT2D eigenvalue weighted by molar-refractivity contribution is 5.68. The zero-order valence-corrected chi connectivity index (χ0v) is 17.6. The predicted molar refractivity (Wildman–Crippen MR) is 113 cm³/mol. The molecule has 1 aromatic heterocycles. The van der Waals surface area contributed by atoms with Gasteiger partial charge in [-0.25, -0.2) is 9.53 Å². The second-order valence-corrected chi connectivity index (χ2v) is 7.31. The van der Waals surface area contributed by atoms with Crippen molar-refractivity contribution < 1.29 is 17.9 Å². The fraction of sp³-hybridized carbons (Fsp3) is 0.217. The summed E-state index contributed by atoms with van der Waals surface area (Å²) in [5.74, 6) is 0.586. The number of allylic oxidation sites excluding steroid dienone is 2. The number of alkyl halides is 3. The van der Waals surface area contributed by atoms with Gasteiger partial charge in [-0.3, -0.25) is 4.90 Å². The zero-order chi connectivity index (χ0) is 23.8. The van der Waals surface area contributed by atoms with Crippen molar-refractivity contribution >= 4 is 11.6 Å². The van der Waals surface area contributed by atoms with Gasteiger partial charge in [0.25, 0.3) is 0 Å². The lowest BCUT2D eigenvalue weighted by Gasteiger charge is -2.34. The molecule has 0 fully saturated rings. The van der Waals surface area contributed by atoms with Crippen LogP contribution < -0.4 is 4.90 Å². The van der Waals surface area contributed by atoms with Crippen molar-refractivity contribution in [3.8, 4) is 6.07 Å². The van der Waals surface area contributed by atoms with E-state index < -0.39 is 17.8 Å². The molecule has 1 unspecified atom stereocenters. The standard InChI is InChI=1S/C23H17F3N6O/c1-14-20(28-2)21(16-9-7-15(12-27)8-10-16)32-22(29-19(30-32)13-33-3)31(14)18-6-4-5-17(11-18)23(24,25)26/h4-11,21H,13H2,1,3H3. The molecule has 166 valence electrons. The number of rotatable bonds is 4. The highest BCUT2D eigenvalue weighted by Crippen LogP contribution is 2.43. The van der Waals surface area contributed by atoms with E-state index in [4.69, 9.17) is 16.6 Å². The van der Waals surface area contributed by atoms with Gasteiger partial charge < -0.3 is 4.74 Å². The summed E-state index contributed by atoms with van der Waals surface area (Å²) in [6.07, 6.45) is -4.52. The number of nitrogens with zero attached hydrogens (tertiary/aromatic N) is 6. The van der Waals surface area contributed by atoms with E-state index in [2.05, 4.69) is 21.0 Å². The quantitative estimate of drug-likeness (QED) is 0.511. The molecule has 33 heavy (non-hydrogen) atoms. The van der Waals surface area contributed by atoms with Gasteiger partial charge in [0.2, 0.25) is 11.6 Å². The van der Waals surface area contributed by atoms with Crippen molar-refractivity contribution in [2.75, 3.05) is 12.0 Å². The number of methoxy groups -OCH3 is 1. The van der Waals surface area contributed by atoms with Crippen molar-refractivity contribution in [2.45, 2.75) is 25.7 Å². The van der Waals surface area contributed by atoms with E-state index in [1.807, 2.05) is 0 Å². The monoisotopic (exact) mass is 450 g/mol. The number of benzene rings is 2. The molecular formula is C23H17F3N6O. The van der Waals surface area contributed by atoms with Gasteiger partial charge in [-0.15, -0.1) is 0 Å². The van der Waals surface area contributed by atoms with Crippen molar-refractivity contribution in [3.05, 3.63) is 93.9 Å². The van der Waals surface area contributed by atoms with Crippen LogP contribution in [0.15, 0.2) is 59.9 Å². The van der Waals surface area contributed by atoms with Gasteiger partial charge in [-0.1, -0.05) is 18.2 Å². The summed E-state index contributed by atoms with van der Waals surface area (Å²) >= 11 is 0. The third-order valence-corrected chi connectivity index (χ3v) is 5.25. The first-order valence-electron chi connectivity index (χ1n) is 9.78. The van der Waals surface area contributed by atoms with E-state index >= 15 is 0 Å². The summed E-state index contributed by atoms with van der Waals surface area (Å²) in [6.45, 7) is 9.58. The van der Waals surface area contributed by atoms with Crippen LogP contribution in [0.2, 0.25) is 0 Å². The molecule has 2 aromatic carbocycles. The zero-order valence-electron chi connectivity index (χ0n) is 17.6. The smallest absolute Gasteiger partial charge is 0.377 e. The maximum atomic E-state index is 13.4. The lowest BCUT2D eigenvalue weighted by molar-refractivity contribution is -0.137. The molecule has 0 spiro atoms. The normalized spacial score (nSPS) is 15.7. The Labute approximate surface area is 187 Å². The van der Waals surface area contributed by atoms with Crippen LogP contribution in [0.5, 0.6) is 0 Å². The van der Waals surface area contributed by atoms with E-state index in [-0.39, 0.29) is 23.9 Å². The van der Waals surface area contributed by atoms with Gasteiger partial charge in [0.05, 0.1) is 23.8 Å². The number of fused-ring (bicyclic) bond motifs is 1. The topological polar surface area (TPSA) is 71.3 Å². The van der Waals surface area contributed by atoms with Crippen LogP contribution in [0, 0.1) is 17.9 Å². The minimum absolute atomic E-state index is 0.0862. The second-order valence-electron chi connectivity index (χ2n) is 7.31. The lowest BCUT2D eigenvalue weighted by Crippen LogP contribution is -2.30. The van der Waals surface area contributed by atoms with E-state index in [9.17, 15) is 13.2 Å². The number of hydrogen-bond acceptors (Lipinski definition) is 5. The van der Waals surface area contributed by atoms with Gasteiger partial charge in [0.15, 0.2) is 5.82 Å². The molecule has 4 rings (SSSR count). The maximum absolute atomic E-state index is 13.4. The first-order valence-corrected chi connectivity index (χ1v) is 9.78. The van der Waals surface area contributed by atoms with E-state index in [1.165, 1.54) is 28.8 Å². The Hall–Kier alpha value is -4.15. The number of nitriles is 1. The average Bonchev–Trinajstić information content (AvgIpc) is 3.21. The Morgan fingerprint density at radius 1 is 1.21 bits per heavy atom. The van der Waals surface area contributed by atoms with Crippen molar-refractivity contribution in [1.82, 2.24) is 14.8 Å². The number of halogens is 3. The predicted octanol–water partition coefficient (Wildman–Crippen LogP) is 5.21. The summed E-state index contributed by atoms with van der Waals surface area (Å²) in [7, 11) is 1.48. The number of anilines is 2. The number of aromatic nitrogens is 3. The highest BCUT2D eigenvalue weighted by Gasteiger charge is 2.37. The van der Waals surface area contributed by atoms with Crippen LogP contribution in [0.4, 0.5) is 24.8 Å². The molecular weight excluding hydrogens is 433 g/mol. The number of hydrogen-bond donors (Lipinski definition) is 0. The molecule has 1 aliphatic rings. The molecule has 0 radical (unpaired) electrons. The van der Waals surface area contributed by atoms with Gasteiger partial charge in [0.1, 0.15) is 12.6 Å². The van der Waals surface area contributed by atoms with Crippen LogP contribution in [0.3, 0.4) is 0 Å². The molecule has 0 saturated heterocycles. The van der Waals surface area contributed by atoms with Gasteiger partial charge in [-0.05, 0) is 42.8 Å². The fourth-order valence-corrected chi connectivity index (χ4v) is 3.76. The third-order valence-electron chi connectivity index (χ3n) is 5.25. The summed E-state index contributed by atoms with van der Waals surface area (Å²) in [5.41, 5.74) is 1.26. The molecule has 1 aliphatic heterocycles. The summed E-state index contributed by atoms with van der Waals surface area (Å²) in [5, 5.41) is 13.6. The lowest BCUT2D eigenvalue weighted by atomic mass is 9.99. The van der Waals surface area contributed by atoms with Gasteiger partial charge in [-0.2, -0.15) is 28.5 Å². The Balaban J connectivity index is 1.94. The molecule has 0 aliphatic carbocycles. The van der Waals surface area contributed by atoms with Gasteiger partial charge >= 0.3 is 6.18 Å². The van der Waals surface area contributed by atoms with Crippen molar-refractivity contribution in [1.29, 1.82) is 5.26 Å². The Morgan fingerprint density at radius 3 is 2.55 bits per heavy atom. The first-order chi connectivity index (χ1) is 15.8.